The zero-order valence-electron chi connectivity index (χ0n) is 12.1. The van der Waals surface area contributed by atoms with Gasteiger partial charge in [0.1, 0.15) is 0 Å². The molecule has 19 heavy (non-hydrogen) atoms. The van der Waals surface area contributed by atoms with Crippen LogP contribution in [0.15, 0.2) is 35.3 Å². The second kappa shape index (κ2) is 8.53. The first-order valence-corrected chi connectivity index (χ1v) is 6.82. The largest absolute Gasteiger partial charge is 0.374 e. The molecule has 3 N–H and O–H groups in total. The van der Waals surface area contributed by atoms with Gasteiger partial charge in [0.25, 0.3) is 0 Å². The molecule has 0 bridgehead atoms. The highest BCUT2D eigenvalue weighted by molar-refractivity contribution is 5.77. The van der Waals surface area contributed by atoms with E-state index in [0.29, 0.717) is 25.2 Å². The fourth-order valence-corrected chi connectivity index (χ4v) is 1.69. The number of nitrogens with one attached hydrogen (secondary N) is 1. The van der Waals surface area contributed by atoms with Gasteiger partial charge >= 0.3 is 0 Å². The van der Waals surface area contributed by atoms with Crippen LogP contribution in [0.2, 0.25) is 0 Å². The number of nitrogens with zero attached hydrogens (tertiary/aromatic N) is 1. The third kappa shape index (κ3) is 6.82. The van der Waals surface area contributed by atoms with Crippen LogP contribution in [0.25, 0.3) is 0 Å². The Balaban J connectivity index is 2.17. The van der Waals surface area contributed by atoms with E-state index < -0.39 is 0 Å². The molecular formula is C15H25N3O. The second-order valence-electron chi connectivity index (χ2n) is 4.84. The highest BCUT2D eigenvalue weighted by atomic mass is 16.5. The van der Waals surface area contributed by atoms with Gasteiger partial charge in [0.05, 0.1) is 6.10 Å². The van der Waals surface area contributed by atoms with Crippen molar-refractivity contribution in [3.8, 4) is 0 Å². The Morgan fingerprint density at radius 3 is 2.58 bits per heavy atom. The van der Waals surface area contributed by atoms with Gasteiger partial charge in [-0.15, -0.1) is 0 Å². The zero-order chi connectivity index (χ0) is 14.1. The van der Waals surface area contributed by atoms with Crippen LogP contribution in [0.5, 0.6) is 0 Å². The Kier molecular flexibility index (Phi) is 6.97. The number of benzene rings is 1. The summed E-state index contributed by atoms with van der Waals surface area (Å²) in [5.41, 5.74) is 6.91. The van der Waals surface area contributed by atoms with Gasteiger partial charge in [-0.25, -0.2) is 0 Å². The highest BCUT2D eigenvalue weighted by Crippen LogP contribution is 2.15. The molecule has 106 valence electrons. The SMILES string of the molecule is CC(C)NC(N)=NCCCOC(C)c1ccccc1. The van der Waals surface area contributed by atoms with Gasteiger partial charge in [0, 0.05) is 19.2 Å². The summed E-state index contributed by atoms with van der Waals surface area (Å²) < 4.78 is 5.76. The van der Waals surface area contributed by atoms with Crippen molar-refractivity contribution in [3.63, 3.8) is 0 Å². The third-order valence-corrected chi connectivity index (χ3v) is 2.66. The molecule has 0 amide bonds. The van der Waals surface area contributed by atoms with Crippen molar-refractivity contribution >= 4 is 5.96 Å². The van der Waals surface area contributed by atoms with Crippen molar-refractivity contribution in [2.45, 2.75) is 39.3 Å². The van der Waals surface area contributed by atoms with E-state index in [4.69, 9.17) is 10.5 Å². The average Bonchev–Trinajstić information content (AvgIpc) is 2.38. The summed E-state index contributed by atoms with van der Waals surface area (Å²) in [4.78, 5) is 4.24. The molecule has 1 atom stereocenters. The van der Waals surface area contributed by atoms with Crippen LogP contribution in [0.4, 0.5) is 0 Å². The fraction of sp³-hybridized carbons (Fsp3) is 0.533. The zero-order valence-corrected chi connectivity index (χ0v) is 12.1. The van der Waals surface area contributed by atoms with E-state index in [2.05, 4.69) is 29.4 Å². The van der Waals surface area contributed by atoms with E-state index in [1.54, 1.807) is 0 Å². The lowest BCUT2D eigenvalue weighted by molar-refractivity contribution is 0.0652. The second-order valence-corrected chi connectivity index (χ2v) is 4.84. The van der Waals surface area contributed by atoms with Crippen LogP contribution >= 0.6 is 0 Å². The van der Waals surface area contributed by atoms with Gasteiger partial charge < -0.3 is 15.8 Å². The van der Waals surface area contributed by atoms with Crippen molar-refractivity contribution in [3.05, 3.63) is 35.9 Å². The van der Waals surface area contributed by atoms with Crippen molar-refractivity contribution in [1.82, 2.24) is 5.32 Å². The Hall–Kier alpha value is -1.55. The fourth-order valence-electron chi connectivity index (χ4n) is 1.69. The smallest absolute Gasteiger partial charge is 0.188 e. The summed E-state index contributed by atoms with van der Waals surface area (Å²) >= 11 is 0. The first-order valence-electron chi connectivity index (χ1n) is 6.82. The Morgan fingerprint density at radius 2 is 1.95 bits per heavy atom. The van der Waals surface area contributed by atoms with E-state index in [0.717, 1.165) is 6.42 Å². The summed E-state index contributed by atoms with van der Waals surface area (Å²) in [6, 6.07) is 10.5. The van der Waals surface area contributed by atoms with Crippen LogP contribution in [0.1, 0.15) is 38.9 Å². The molecule has 4 nitrogen and oxygen atoms in total. The van der Waals surface area contributed by atoms with E-state index in [1.807, 2.05) is 32.0 Å². The van der Waals surface area contributed by atoms with Crippen molar-refractivity contribution in [2.75, 3.05) is 13.2 Å². The molecule has 1 aromatic carbocycles. The minimum absolute atomic E-state index is 0.122. The van der Waals surface area contributed by atoms with E-state index in [-0.39, 0.29) is 6.10 Å². The lowest BCUT2D eigenvalue weighted by Crippen LogP contribution is -2.36. The standard InChI is InChI=1S/C15H25N3O/c1-12(2)18-15(16)17-10-7-11-19-13(3)14-8-5-4-6-9-14/h4-6,8-9,12-13H,7,10-11H2,1-3H3,(H3,16,17,18). The average molecular weight is 263 g/mol. The Bertz CT molecular complexity index is 376. The van der Waals surface area contributed by atoms with Gasteiger partial charge in [-0.1, -0.05) is 30.3 Å². The molecule has 0 saturated carbocycles. The Labute approximate surface area is 116 Å². The van der Waals surface area contributed by atoms with Crippen molar-refractivity contribution < 1.29 is 4.74 Å². The molecule has 0 spiro atoms. The molecule has 0 fully saturated rings. The summed E-state index contributed by atoms with van der Waals surface area (Å²) in [5.74, 6) is 0.506. The molecule has 0 radical (unpaired) electrons. The number of aliphatic imine (C=N–C) groups is 1. The number of rotatable bonds is 7. The molecule has 1 unspecified atom stereocenters. The molecule has 0 aliphatic rings. The van der Waals surface area contributed by atoms with Crippen LogP contribution in [-0.2, 0) is 4.74 Å². The number of hydrogen-bond acceptors (Lipinski definition) is 2. The molecule has 4 heteroatoms. The summed E-state index contributed by atoms with van der Waals surface area (Å²) in [7, 11) is 0. The highest BCUT2D eigenvalue weighted by Gasteiger charge is 2.03. The molecule has 0 aromatic heterocycles. The molecule has 1 rings (SSSR count). The quantitative estimate of drug-likeness (QED) is 0.451. The van der Waals surface area contributed by atoms with Crippen molar-refractivity contribution in [1.29, 1.82) is 0 Å². The normalized spacial score (nSPS) is 13.6. The van der Waals surface area contributed by atoms with Gasteiger partial charge in [-0.05, 0) is 32.8 Å². The van der Waals surface area contributed by atoms with Gasteiger partial charge in [-0.2, -0.15) is 0 Å². The summed E-state index contributed by atoms with van der Waals surface area (Å²) in [5, 5.41) is 3.06. The molecule has 0 aliphatic heterocycles. The molecule has 0 heterocycles. The first kappa shape index (κ1) is 15.5. The maximum Gasteiger partial charge on any atom is 0.188 e. The number of hydrogen-bond donors (Lipinski definition) is 2. The summed E-state index contributed by atoms with van der Waals surface area (Å²) in [6.45, 7) is 7.51. The minimum atomic E-state index is 0.122. The predicted molar refractivity (Wildman–Crippen MR) is 80.2 cm³/mol. The third-order valence-electron chi connectivity index (χ3n) is 2.66. The van der Waals surface area contributed by atoms with Crippen molar-refractivity contribution in [2.24, 2.45) is 10.7 Å². The number of nitrogens with two attached hydrogens (primary N) is 1. The topological polar surface area (TPSA) is 59.6 Å². The van der Waals surface area contributed by atoms with Gasteiger partial charge in [0.15, 0.2) is 5.96 Å². The Morgan fingerprint density at radius 1 is 1.26 bits per heavy atom. The number of ether oxygens (including phenoxy) is 1. The minimum Gasteiger partial charge on any atom is -0.374 e. The van der Waals surface area contributed by atoms with Crippen LogP contribution in [0.3, 0.4) is 0 Å². The molecule has 0 aliphatic carbocycles. The number of guanidine groups is 1. The van der Waals surface area contributed by atoms with E-state index in [9.17, 15) is 0 Å². The monoisotopic (exact) mass is 263 g/mol. The van der Waals surface area contributed by atoms with Crippen LogP contribution in [0, 0.1) is 0 Å². The maximum atomic E-state index is 5.76. The van der Waals surface area contributed by atoms with Gasteiger partial charge in [-0.3, -0.25) is 4.99 Å². The maximum absolute atomic E-state index is 5.76. The van der Waals surface area contributed by atoms with Crippen LogP contribution in [-0.4, -0.2) is 25.2 Å². The molecular weight excluding hydrogens is 238 g/mol. The van der Waals surface area contributed by atoms with Crippen LogP contribution < -0.4 is 11.1 Å². The molecule has 0 saturated heterocycles. The predicted octanol–water partition coefficient (Wildman–Crippen LogP) is 2.47. The van der Waals surface area contributed by atoms with E-state index in [1.165, 1.54) is 5.56 Å². The van der Waals surface area contributed by atoms with Gasteiger partial charge in [0.2, 0.25) is 0 Å². The first-order chi connectivity index (χ1) is 9.09. The molecule has 1 aromatic rings. The summed E-state index contributed by atoms with van der Waals surface area (Å²) in [6.07, 6.45) is 0.994. The van der Waals surface area contributed by atoms with E-state index >= 15 is 0 Å². The lowest BCUT2D eigenvalue weighted by atomic mass is 10.1. The lowest BCUT2D eigenvalue weighted by Gasteiger charge is -2.13.